The smallest absolute Gasteiger partial charge is 0.159 e. The minimum Gasteiger partial charge on any atom is -0.381 e. The number of nitrogens with zero attached hydrogens (tertiary/aromatic N) is 1. The summed E-state index contributed by atoms with van der Waals surface area (Å²) in [5.74, 6) is 0.0390. The van der Waals surface area contributed by atoms with Crippen LogP contribution in [-0.2, 0) is 4.74 Å². The van der Waals surface area contributed by atoms with Crippen LogP contribution in [0.25, 0.3) is 0 Å². The van der Waals surface area contributed by atoms with E-state index in [1.54, 1.807) is 13.0 Å². The van der Waals surface area contributed by atoms with E-state index in [4.69, 9.17) is 16.3 Å². The number of hydrogen-bond acceptors (Lipinski definition) is 3. The maximum absolute atomic E-state index is 11.3. The molecule has 3 nitrogen and oxygen atoms in total. The zero-order chi connectivity index (χ0) is 13.1. The maximum Gasteiger partial charge on any atom is 0.159 e. The van der Waals surface area contributed by atoms with Crippen LogP contribution >= 0.6 is 11.6 Å². The van der Waals surface area contributed by atoms with Gasteiger partial charge in [-0.2, -0.15) is 0 Å². The molecule has 18 heavy (non-hydrogen) atoms. The fourth-order valence-corrected chi connectivity index (χ4v) is 2.59. The minimum atomic E-state index is 0.0390. The molecule has 1 saturated heterocycles. The molecular weight excluding hydrogens is 250 g/mol. The van der Waals surface area contributed by atoms with Gasteiger partial charge in [-0.15, -0.1) is 0 Å². The molecule has 0 amide bonds. The Balaban J connectivity index is 2.19. The van der Waals surface area contributed by atoms with Crippen LogP contribution in [0.2, 0.25) is 5.02 Å². The number of Topliss-reactive ketones (excluding diaryl/α,β-unsaturated/α-hetero) is 1. The van der Waals surface area contributed by atoms with Gasteiger partial charge in [0.15, 0.2) is 5.78 Å². The highest BCUT2D eigenvalue weighted by Gasteiger charge is 2.20. The van der Waals surface area contributed by atoms with Crippen molar-refractivity contribution in [2.45, 2.75) is 25.8 Å². The maximum atomic E-state index is 11.3. The van der Waals surface area contributed by atoms with Crippen molar-refractivity contribution in [1.29, 1.82) is 0 Å². The van der Waals surface area contributed by atoms with Gasteiger partial charge < -0.3 is 9.64 Å². The van der Waals surface area contributed by atoms with Crippen LogP contribution in [0.5, 0.6) is 0 Å². The van der Waals surface area contributed by atoms with E-state index in [2.05, 4.69) is 4.90 Å². The van der Waals surface area contributed by atoms with Crippen LogP contribution in [0.4, 0.5) is 5.69 Å². The molecule has 4 heteroatoms. The fourth-order valence-electron chi connectivity index (χ4n) is 2.28. The van der Waals surface area contributed by atoms with Crippen LogP contribution in [-0.4, -0.2) is 32.1 Å². The molecule has 0 atom stereocenters. The summed E-state index contributed by atoms with van der Waals surface area (Å²) in [4.78, 5) is 13.5. The third-order valence-electron chi connectivity index (χ3n) is 3.47. The van der Waals surface area contributed by atoms with Crippen molar-refractivity contribution in [2.24, 2.45) is 0 Å². The molecule has 1 aliphatic heterocycles. The first-order valence-electron chi connectivity index (χ1n) is 6.20. The van der Waals surface area contributed by atoms with E-state index in [1.807, 2.05) is 19.2 Å². The van der Waals surface area contributed by atoms with Gasteiger partial charge in [0.05, 0.1) is 10.7 Å². The van der Waals surface area contributed by atoms with E-state index >= 15 is 0 Å². The van der Waals surface area contributed by atoms with Gasteiger partial charge in [0.2, 0.25) is 0 Å². The van der Waals surface area contributed by atoms with Crippen molar-refractivity contribution in [3.05, 3.63) is 28.8 Å². The lowest BCUT2D eigenvalue weighted by Gasteiger charge is -2.33. The average molecular weight is 268 g/mol. The van der Waals surface area contributed by atoms with Crippen LogP contribution in [0.15, 0.2) is 18.2 Å². The van der Waals surface area contributed by atoms with Crippen LogP contribution in [0.1, 0.15) is 30.1 Å². The predicted octanol–water partition coefficient (Wildman–Crippen LogP) is 3.16. The Morgan fingerprint density at radius 1 is 1.39 bits per heavy atom. The summed E-state index contributed by atoms with van der Waals surface area (Å²) in [6.07, 6.45) is 2.03. The van der Waals surface area contributed by atoms with E-state index < -0.39 is 0 Å². The number of ether oxygens (including phenoxy) is 1. The van der Waals surface area contributed by atoms with E-state index in [-0.39, 0.29) is 5.78 Å². The van der Waals surface area contributed by atoms with Crippen molar-refractivity contribution in [2.75, 3.05) is 25.2 Å². The Hall–Kier alpha value is -1.06. The molecule has 0 spiro atoms. The first-order chi connectivity index (χ1) is 8.59. The molecule has 0 aromatic heterocycles. The van der Waals surface area contributed by atoms with Crippen molar-refractivity contribution < 1.29 is 9.53 Å². The molecular formula is C14H18ClNO2. The van der Waals surface area contributed by atoms with Crippen LogP contribution in [0, 0.1) is 0 Å². The molecule has 1 aromatic carbocycles. The monoisotopic (exact) mass is 267 g/mol. The second-order valence-electron chi connectivity index (χ2n) is 4.68. The summed E-state index contributed by atoms with van der Waals surface area (Å²) < 4.78 is 5.36. The highest BCUT2D eigenvalue weighted by atomic mass is 35.5. The number of hydrogen-bond donors (Lipinski definition) is 0. The Labute approximate surface area is 113 Å². The van der Waals surface area contributed by atoms with E-state index in [9.17, 15) is 4.79 Å². The third-order valence-corrected chi connectivity index (χ3v) is 3.78. The number of rotatable bonds is 3. The van der Waals surface area contributed by atoms with Crippen molar-refractivity contribution in [1.82, 2.24) is 0 Å². The first-order valence-corrected chi connectivity index (χ1v) is 6.58. The number of halogens is 1. The van der Waals surface area contributed by atoms with Gasteiger partial charge >= 0.3 is 0 Å². The molecule has 0 unspecified atom stereocenters. The third kappa shape index (κ3) is 2.85. The summed E-state index contributed by atoms with van der Waals surface area (Å²) in [5.41, 5.74) is 1.64. The largest absolute Gasteiger partial charge is 0.381 e. The van der Waals surface area contributed by atoms with Gasteiger partial charge in [-0.05, 0) is 38.0 Å². The summed E-state index contributed by atoms with van der Waals surface area (Å²) in [7, 11) is 2.05. The zero-order valence-electron chi connectivity index (χ0n) is 10.8. The fraction of sp³-hybridized carbons (Fsp3) is 0.500. The lowest BCUT2D eigenvalue weighted by molar-refractivity contribution is 0.0855. The summed E-state index contributed by atoms with van der Waals surface area (Å²) in [5, 5.41) is 0.636. The molecule has 0 aliphatic carbocycles. The van der Waals surface area contributed by atoms with Gasteiger partial charge in [-0.3, -0.25) is 4.79 Å². The molecule has 2 rings (SSSR count). The van der Waals surface area contributed by atoms with E-state index in [0.717, 1.165) is 31.7 Å². The number of carbonyl (C=O) groups excluding carboxylic acids is 1. The lowest BCUT2D eigenvalue weighted by atomic mass is 10.1. The number of ketones is 1. The molecule has 1 heterocycles. The molecule has 98 valence electrons. The van der Waals surface area contributed by atoms with E-state index in [1.165, 1.54) is 0 Å². The van der Waals surface area contributed by atoms with Crippen molar-refractivity contribution in [3.63, 3.8) is 0 Å². The van der Waals surface area contributed by atoms with Gasteiger partial charge in [-0.25, -0.2) is 0 Å². The van der Waals surface area contributed by atoms with Crippen molar-refractivity contribution in [3.8, 4) is 0 Å². The van der Waals surface area contributed by atoms with Gasteiger partial charge in [0, 0.05) is 31.9 Å². The molecule has 1 aliphatic rings. The van der Waals surface area contributed by atoms with E-state index in [0.29, 0.717) is 16.6 Å². The topological polar surface area (TPSA) is 29.5 Å². The summed E-state index contributed by atoms with van der Waals surface area (Å²) in [6, 6.07) is 5.96. The minimum absolute atomic E-state index is 0.0390. The number of carbonyl (C=O) groups is 1. The van der Waals surface area contributed by atoms with Gasteiger partial charge in [0.25, 0.3) is 0 Å². The number of benzene rings is 1. The normalized spacial score (nSPS) is 16.6. The molecule has 0 N–H and O–H groups in total. The number of anilines is 1. The lowest BCUT2D eigenvalue weighted by Crippen LogP contribution is -2.36. The Morgan fingerprint density at radius 3 is 2.61 bits per heavy atom. The average Bonchev–Trinajstić information content (AvgIpc) is 2.38. The molecule has 1 fully saturated rings. The van der Waals surface area contributed by atoms with Crippen LogP contribution < -0.4 is 4.90 Å². The second kappa shape index (κ2) is 5.72. The molecule has 0 saturated carbocycles. The zero-order valence-corrected chi connectivity index (χ0v) is 11.5. The molecule has 1 aromatic rings. The second-order valence-corrected chi connectivity index (χ2v) is 5.08. The Kier molecular flexibility index (Phi) is 4.25. The Morgan fingerprint density at radius 2 is 2.06 bits per heavy atom. The molecule has 0 bridgehead atoms. The first kappa shape index (κ1) is 13.4. The highest BCUT2D eigenvalue weighted by molar-refractivity contribution is 6.33. The van der Waals surface area contributed by atoms with Gasteiger partial charge in [-0.1, -0.05) is 11.6 Å². The van der Waals surface area contributed by atoms with Gasteiger partial charge in [0.1, 0.15) is 0 Å². The Bertz CT molecular complexity index is 441. The summed E-state index contributed by atoms with van der Waals surface area (Å²) >= 11 is 6.26. The predicted molar refractivity (Wildman–Crippen MR) is 73.7 cm³/mol. The highest BCUT2D eigenvalue weighted by Crippen LogP contribution is 2.29. The standard InChI is InChI=1S/C14H18ClNO2/c1-10(17)11-3-4-14(13(15)9-11)16(2)12-5-7-18-8-6-12/h3-4,9,12H,5-8H2,1-2H3. The van der Waals surface area contributed by atoms with Crippen LogP contribution in [0.3, 0.4) is 0 Å². The summed E-state index contributed by atoms with van der Waals surface area (Å²) in [6.45, 7) is 3.16. The quantitative estimate of drug-likeness (QED) is 0.788. The van der Waals surface area contributed by atoms with Crippen molar-refractivity contribution >= 4 is 23.1 Å². The molecule has 0 radical (unpaired) electrons. The SMILES string of the molecule is CC(=O)c1ccc(N(C)C2CCOCC2)c(Cl)c1.